The second-order valence-electron chi connectivity index (χ2n) is 5.38. The number of phenolic OH excluding ortho intramolecular Hbond substituents is 1. The van der Waals surface area contributed by atoms with Crippen molar-refractivity contribution in [3.05, 3.63) is 28.2 Å². The third kappa shape index (κ3) is 2.62. The van der Waals surface area contributed by atoms with Crippen LogP contribution in [0.2, 0.25) is 0 Å². The van der Waals surface area contributed by atoms with Crippen LogP contribution < -0.4 is 5.32 Å². The first-order valence-electron chi connectivity index (χ1n) is 6.65. The molecule has 3 heterocycles. The molecule has 19 heavy (non-hydrogen) atoms. The number of nitrogens with one attached hydrogen (secondary N) is 1. The van der Waals surface area contributed by atoms with Crippen molar-refractivity contribution >= 4 is 21.8 Å². The lowest BCUT2D eigenvalue weighted by molar-refractivity contribution is 0.0620. The average molecular weight is 325 g/mol. The maximum absolute atomic E-state index is 12.2. The van der Waals surface area contributed by atoms with E-state index in [9.17, 15) is 9.90 Å². The van der Waals surface area contributed by atoms with Gasteiger partial charge in [-0.3, -0.25) is 4.79 Å². The summed E-state index contributed by atoms with van der Waals surface area (Å²) < 4.78 is 0.604. The van der Waals surface area contributed by atoms with E-state index in [2.05, 4.69) is 26.1 Å². The fraction of sp³-hybridized carbons (Fsp3) is 0.500. The van der Waals surface area contributed by atoms with E-state index in [0.29, 0.717) is 16.0 Å². The van der Waals surface area contributed by atoms with Gasteiger partial charge in [-0.15, -0.1) is 0 Å². The third-order valence-electron chi connectivity index (χ3n) is 4.18. The molecule has 0 saturated carbocycles. The maximum Gasteiger partial charge on any atom is 0.251 e. The Morgan fingerprint density at radius 3 is 2.68 bits per heavy atom. The van der Waals surface area contributed by atoms with Crippen molar-refractivity contribution in [2.24, 2.45) is 5.92 Å². The first-order chi connectivity index (χ1) is 9.13. The number of phenols is 1. The Bertz CT molecular complexity index is 498. The minimum Gasteiger partial charge on any atom is -0.507 e. The number of benzene rings is 1. The lowest BCUT2D eigenvalue weighted by Crippen LogP contribution is -2.57. The molecule has 1 aromatic rings. The summed E-state index contributed by atoms with van der Waals surface area (Å²) >= 11 is 3.22. The van der Waals surface area contributed by atoms with Gasteiger partial charge in [-0.1, -0.05) is 0 Å². The van der Waals surface area contributed by atoms with Gasteiger partial charge in [-0.2, -0.15) is 0 Å². The molecule has 1 unspecified atom stereocenters. The van der Waals surface area contributed by atoms with Crippen molar-refractivity contribution in [1.82, 2.24) is 10.2 Å². The molecule has 2 N–H and O–H groups in total. The summed E-state index contributed by atoms with van der Waals surface area (Å²) in [4.78, 5) is 14.6. The Labute approximate surface area is 120 Å². The second kappa shape index (κ2) is 5.13. The smallest absolute Gasteiger partial charge is 0.251 e. The molecule has 102 valence electrons. The summed E-state index contributed by atoms with van der Waals surface area (Å²) in [6, 6.07) is 5.17. The molecule has 0 spiro atoms. The van der Waals surface area contributed by atoms with Crippen molar-refractivity contribution in [3.8, 4) is 5.75 Å². The highest BCUT2D eigenvalue weighted by molar-refractivity contribution is 9.10. The van der Waals surface area contributed by atoms with E-state index >= 15 is 0 Å². The fourth-order valence-corrected chi connectivity index (χ4v) is 3.28. The van der Waals surface area contributed by atoms with Gasteiger partial charge in [-0.05, 0) is 66.0 Å². The van der Waals surface area contributed by atoms with Crippen LogP contribution in [0.5, 0.6) is 5.75 Å². The van der Waals surface area contributed by atoms with E-state index in [4.69, 9.17) is 0 Å². The molecular formula is C14H17BrN2O2. The summed E-state index contributed by atoms with van der Waals surface area (Å²) in [5.41, 5.74) is 0.511. The van der Waals surface area contributed by atoms with Crippen LogP contribution >= 0.6 is 15.9 Å². The number of piperidine rings is 3. The zero-order valence-electron chi connectivity index (χ0n) is 10.6. The molecule has 5 heteroatoms. The Balaban J connectivity index is 1.69. The van der Waals surface area contributed by atoms with E-state index in [-0.39, 0.29) is 17.7 Å². The van der Waals surface area contributed by atoms with E-state index in [1.54, 1.807) is 12.1 Å². The molecule has 2 bridgehead atoms. The molecule has 1 amide bonds. The van der Waals surface area contributed by atoms with Crippen molar-refractivity contribution in [1.29, 1.82) is 0 Å². The number of amides is 1. The number of hydrogen-bond acceptors (Lipinski definition) is 3. The van der Waals surface area contributed by atoms with Crippen molar-refractivity contribution in [2.45, 2.75) is 18.9 Å². The lowest BCUT2D eigenvalue weighted by Gasteiger charge is -2.44. The number of fused-ring (bicyclic) bond motifs is 3. The Morgan fingerprint density at radius 1 is 1.37 bits per heavy atom. The first kappa shape index (κ1) is 12.9. The van der Waals surface area contributed by atoms with Gasteiger partial charge < -0.3 is 15.3 Å². The van der Waals surface area contributed by atoms with Gasteiger partial charge in [-0.25, -0.2) is 0 Å². The highest BCUT2D eigenvalue weighted by Gasteiger charge is 2.34. The van der Waals surface area contributed by atoms with Gasteiger partial charge in [0.2, 0.25) is 0 Å². The molecule has 4 rings (SSSR count). The highest BCUT2D eigenvalue weighted by Crippen LogP contribution is 2.28. The second-order valence-corrected chi connectivity index (χ2v) is 6.24. The van der Waals surface area contributed by atoms with E-state index < -0.39 is 0 Å². The average Bonchev–Trinajstić information content (AvgIpc) is 2.43. The molecular weight excluding hydrogens is 308 g/mol. The van der Waals surface area contributed by atoms with Gasteiger partial charge in [0.05, 0.1) is 4.47 Å². The van der Waals surface area contributed by atoms with Crippen LogP contribution in [0.1, 0.15) is 23.2 Å². The summed E-state index contributed by atoms with van der Waals surface area (Å²) in [6.07, 6.45) is 2.35. The molecule has 3 aliphatic heterocycles. The Morgan fingerprint density at radius 2 is 2.11 bits per heavy atom. The summed E-state index contributed by atoms with van der Waals surface area (Å²) in [6.45, 7) is 3.28. The van der Waals surface area contributed by atoms with Crippen molar-refractivity contribution < 1.29 is 9.90 Å². The topological polar surface area (TPSA) is 52.6 Å². The minimum absolute atomic E-state index is 0.0958. The molecule has 1 atom stereocenters. The Kier molecular flexibility index (Phi) is 3.50. The molecule has 0 aromatic heterocycles. The zero-order chi connectivity index (χ0) is 13.4. The molecule has 0 radical (unpaired) electrons. The monoisotopic (exact) mass is 324 g/mol. The van der Waals surface area contributed by atoms with Crippen LogP contribution in [-0.4, -0.2) is 41.6 Å². The highest BCUT2D eigenvalue weighted by atomic mass is 79.9. The SMILES string of the molecule is O=C(NC1CN2CCC1CC2)c1ccc(Br)c(O)c1. The molecule has 4 nitrogen and oxygen atoms in total. The number of nitrogens with zero attached hydrogens (tertiary/aromatic N) is 1. The molecule has 3 saturated heterocycles. The van der Waals surface area contributed by atoms with E-state index in [1.165, 1.54) is 18.9 Å². The molecule has 1 aromatic carbocycles. The van der Waals surface area contributed by atoms with Gasteiger partial charge in [0.25, 0.3) is 5.91 Å². The predicted octanol–water partition coefficient (Wildman–Crippen LogP) is 1.98. The summed E-state index contributed by atoms with van der Waals surface area (Å²) in [7, 11) is 0. The normalized spacial score (nSPS) is 29.2. The van der Waals surface area contributed by atoms with Crippen LogP contribution in [0.15, 0.2) is 22.7 Å². The zero-order valence-corrected chi connectivity index (χ0v) is 12.2. The standard InChI is InChI=1S/C14H17BrN2O2/c15-11-2-1-10(7-13(11)18)14(19)16-12-8-17-5-3-9(12)4-6-17/h1-2,7,9,12,18H,3-6,8H2,(H,16,19). The lowest BCUT2D eigenvalue weighted by atomic mass is 9.84. The molecule has 0 aliphatic carbocycles. The van der Waals surface area contributed by atoms with Gasteiger partial charge in [0.1, 0.15) is 5.75 Å². The van der Waals surface area contributed by atoms with Crippen LogP contribution in [-0.2, 0) is 0 Å². The van der Waals surface area contributed by atoms with E-state index in [0.717, 1.165) is 19.6 Å². The van der Waals surface area contributed by atoms with Crippen molar-refractivity contribution in [3.63, 3.8) is 0 Å². The number of carbonyl (C=O) groups is 1. The van der Waals surface area contributed by atoms with Gasteiger partial charge >= 0.3 is 0 Å². The number of carbonyl (C=O) groups excluding carboxylic acids is 1. The van der Waals surface area contributed by atoms with Crippen molar-refractivity contribution in [2.75, 3.05) is 19.6 Å². The summed E-state index contributed by atoms with van der Waals surface area (Å²) in [5.74, 6) is 0.612. The van der Waals surface area contributed by atoms with Crippen LogP contribution in [0, 0.1) is 5.92 Å². The van der Waals surface area contributed by atoms with E-state index in [1.807, 2.05) is 0 Å². The molecule has 3 fully saturated rings. The number of rotatable bonds is 2. The van der Waals surface area contributed by atoms with Crippen LogP contribution in [0.3, 0.4) is 0 Å². The quantitative estimate of drug-likeness (QED) is 0.874. The number of halogens is 1. The van der Waals surface area contributed by atoms with Gasteiger partial charge in [0, 0.05) is 18.2 Å². The minimum atomic E-state index is -0.0958. The number of hydrogen-bond donors (Lipinski definition) is 2. The van der Waals surface area contributed by atoms with Crippen LogP contribution in [0.25, 0.3) is 0 Å². The summed E-state index contributed by atoms with van der Waals surface area (Å²) in [5, 5.41) is 12.7. The Hall–Kier alpha value is -1.07. The van der Waals surface area contributed by atoms with Gasteiger partial charge in [0.15, 0.2) is 0 Å². The first-order valence-corrected chi connectivity index (χ1v) is 7.44. The maximum atomic E-state index is 12.2. The predicted molar refractivity (Wildman–Crippen MR) is 76.2 cm³/mol. The fourth-order valence-electron chi connectivity index (χ4n) is 3.03. The molecule has 3 aliphatic rings. The largest absolute Gasteiger partial charge is 0.507 e. The number of aromatic hydroxyl groups is 1. The van der Waals surface area contributed by atoms with Crippen LogP contribution in [0.4, 0.5) is 0 Å². The third-order valence-corrected chi connectivity index (χ3v) is 4.85.